The second-order valence-electron chi connectivity index (χ2n) is 9.62. The second-order valence-corrected chi connectivity index (χ2v) is 9.62. The Kier molecular flexibility index (Phi) is 4.70. The van der Waals surface area contributed by atoms with Crippen LogP contribution in [0.4, 0.5) is 4.79 Å². The molecule has 1 saturated heterocycles. The number of amides is 1. The van der Waals surface area contributed by atoms with Gasteiger partial charge in [-0.15, -0.1) is 0 Å². The van der Waals surface area contributed by atoms with Crippen molar-refractivity contribution >= 4 is 6.09 Å². The maximum atomic E-state index is 13.2. The van der Waals surface area contributed by atoms with Gasteiger partial charge in [0.2, 0.25) is 0 Å². The Morgan fingerprint density at radius 3 is 2.27 bits per heavy atom. The van der Waals surface area contributed by atoms with Crippen LogP contribution in [-0.4, -0.2) is 42.9 Å². The topological polar surface area (TPSA) is 38.8 Å². The smallest absolute Gasteiger partial charge is 0.410 e. The van der Waals surface area contributed by atoms with Gasteiger partial charge in [-0.05, 0) is 34.1 Å². The predicted molar refractivity (Wildman–Crippen MR) is 117 cm³/mol. The molecular weight excluding hydrogens is 374 g/mol. The molecule has 2 aromatic rings. The number of benzene rings is 2. The zero-order valence-corrected chi connectivity index (χ0v) is 17.9. The maximum Gasteiger partial charge on any atom is 0.410 e. The van der Waals surface area contributed by atoms with Crippen LogP contribution in [0.3, 0.4) is 0 Å². The molecule has 2 atom stereocenters. The lowest BCUT2D eigenvalue weighted by Crippen LogP contribution is -2.57. The summed E-state index contributed by atoms with van der Waals surface area (Å²) in [5, 5.41) is 0. The molecule has 0 spiro atoms. The lowest BCUT2D eigenvalue weighted by Gasteiger charge is -2.46. The van der Waals surface area contributed by atoms with Crippen LogP contribution in [0.1, 0.15) is 44.2 Å². The summed E-state index contributed by atoms with van der Waals surface area (Å²) in [6.07, 6.45) is 2.85. The van der Waals surface area contributed by atoms with Crippen LogP contribution in [0, 0.1) is 5.41 Å². The first kappa shape index (κ1) is 19.4. The monoisotopic (exact) mass is 403 g/mol. The first-order valence-corrected chi connectivity index (χ1v) is 10.9. The summed E-state index contributed by atoms with van der Waals surface area (Å²) < 4.78 is 11.7. The molecule has 1 aliphatic carbocycles. The van der Waals surface area contributed by atoms with Gasteiger partial charge >= 0.3 is 6.09 Å². The molecule has 2 aromatic carbocycles. The Morgan fingerprint density at radius 2 is 1.67 bits per heavy atom. The SMILES string of the molecule is CC(C)(C)C1=CC2COCC(C1)N2C(=O)OCC1c2ccccc2-c2ccccc21. The number of morpholine rings is 1. The first-order chi connectivity index (χ1) is 14.4. The van der Waals surface area contributed by atoms with Gasteiger partial charge in [-0.25, -0.2) is 4.79 Å². The Morgan fingerprint density at radius 1 is 1.03 bits per heavy atom. The molecule has 0 radical (unpaired) electrons. The molecule has 2 bridgehead atoms. The van der Waals surface area contributed by atoms with E-state index < -0.39 is 0 Å². The molecule has 2 heterocycles. The molecule has 0 N–H and O–H groups in total. The minimum Gasteiger partial charge on any atom is -0.448 e. The summed E-state index contributed by atoms with van der Waals surface area (Å²) in [6.45, 7) is 8.18. The summed E-state index contributed by atoms with van der Waals surface area (Å²) >= 11 is 0. The highest BCUT2D eigenvalue weighted by molar-refractivity contribution is 5.79. The third-order valence-corrected chi connectivity index (χ3v) is 6.71. The van der Waals surface area contributed by atoms with Gasteiger partial charge in [-0.2, -0.15) is 0 Å². The second kappa shape index (κ2) is 7.28. The number of carbonyl (C=O) groups excluding carboxylic acids is 1. The fourth-order valence-corrected chi connectivity index (χ4v) is 5.11. The molecule has 0 saturated carbocycles. The molecule has 5 rings (SSSR count). The highest BCUT2D eigenvalue weighted by Gasteiger charge is 2.41. The number of fused-ring (bicyclic) bond motifs is 5. The van der Waals surface area contributed by atoms with Crippen LogP contribution in [-0.2, 0) is 9.47 Å². The van der Waals surface area contributed by atoms with Crippen LogP contribution in [0.15, 0.2) is 60.2 Å². The van der Waals surface area contributed by atoms with E-state index in [-0.39, 0.29) is 29.5 Å². The largest absolute Gasteiger partial charge is 0.448 e. The summed E-state index contributed by atoms with van der Waals surface area (Å²) in [4.78, 5) is 15.1. The van der Waals surface area contributed by atoms with Crippen LogP contribution < -0.4 is 0 Å². The van der Waals surface area contributed by atoms with Gasteiger partial charge in [0.1, 0.15) is 6.61 Å². The van der Waals surface area contributed by atoms with Crippen molar-refractivity contribution in [2.45, 2.75) is 45.2 Å². The molecule has 2 aliphatic heterocycles. The summed E-state index contributed by atoms with van der Waals surface area (Å²) in [7, 11) is 0. The summed E-state index contributed by atoms with van der Waals surface area (Å²) in [5.41, 5.74) is 6.49. The van der Waals surface area contributed by atoms with Crippen LogP contribution >= 0.6 is 0 Å². The minimum atomic E-state index is -0.223. The fourth-order valence-electron chi connectivity index (χ4n) is 5.11. The molecule has 2 unspecified atom stereocenters. The van der Waals surface area contributed by atoms with Gasteiger partial charge in [0.25, 0.3) is 0 Å². The quantitative estimate of drug-likeness (QED) is 0.632. The third kappa shape index (κ3) is 3.24. The van der Waals surface area contributed by atoms with E-state index in [1.807, 2.05) is 4.90 Å². The number of carbonyl (C=O) groups is 1. The lowest BCUT2D eigenvalue weighted by atomic mass is 9.79. The molecular formula is C26H29NO3. The molecule has 1 amide bonds. The fraction of sp³-hybridized carbons (Fsp3) is 0.423. The minimum absolute atomic E-state index is 0.0395. The molecule has 3 aliphatic rings. The van der Waals surface area contributed by atoms with E-state index in [1.165, 1.54) is 27.8 Å². The van der Waals surface area contributed by atoms with Crippen molar-refractivity contribution in [3.8, 4) is 11.1 Å². The number of nitrogens with zero attached hydrogens (tertiary/aromatic N) is 1. The van der Waals surface area contributed by atoms with E-state index in [9.17, 15) is 4.79 Å². The lowest BCUT2D eigenvalue weighted by molar-refractivity contribution is -0.0381. The van der Waals surface area contributed by atoms with Gasteiger partial charge in [-0.1, -0.05) is 81.0 Å². The zero-order chi connectivity index (χ0) is 20.9. The Labute approximate surface area is 178 Å². The zero-order valence-electron chi connectivity index (χ0n) is 17.9. The van der Waals surface area contributed by atoms with Crippen molar-refractivity contribution < 1.29 is 14.3 Å². The predicted octanol–water partition coefficient (Wildman–Crippen LogP) is 5.38. The van der Waals surface area contributed by atoms with Crippen molar-refractivity contribution in [3.05, 3.63) is 71.3 Å². The number of ether oxygens (including phenoxy) is 2. The third-order valence-electron chi connectivity index (χ3n) is 6.71. The standard InChI is InChI=1S/C26H29NO3/c1-26(2,3)17-12-18-14-29-15-19(13-17)27(18)25(28)30-16-24-22-10-6-4-8-20(22)21-9-5-7-11-23(21)24/h4-12,18-19,24H,13-16H2,1-3H3. The van der Waals surface area contributed by atoms with Crippen molar-refractivity contribution in [3.63, 3.8) is 0 Å². The molecule has 4 heteroatoms. The van der Waals surface area contributed by atoms with Crippen LogP contribution in [0.25, 0.3) is 11.1 Å². The highest BCUT2D eigenvalue weighted by Crippen LogP contribution is 2.45. The van der Waals surface area contributed by atoms with E-state index in [4.69, 9.17) is 9.47 Å². The Bertz CT molecular complexity index is 958. The summed E-state index contributed by atoms with van der Waals surface area (Å²) in [6, 6.07) is 16.9. The normalized spacial score (nSPS) is 22.9. The average molecular weight is 404 g/mol. The van der Waals surface area contributed by atoms with Gasteiger partial charge in [-0.3, -0.25) is 4.90 Å². The Hall–Kier alpha value is -2.59. The molecule has 0 aromatic heterocycles. The Balaban J connectivity index is 1.35. The number of hydrogen-bond donors (Lipinski definition) is 0. The van der Waals surface area contributed by atoms with E-state index in [0.717, 1.165) is 6.42 Å². The molecule has 4 nitrogen and oxygen atoms in total. The van der Waals surface area contributed by atoms with Crippen molar-refractivity contribution in [1.29, 1.82) is 0 Å². The first-order valence-electron chi connectivity index (χ1n) is 10.9. The van der Waals surface area contributed by atoms with Crippen LogP contribution in [0.2, 0.25) is 0 Å². The van der Waals surface area contributed by atoms with E-state index in [0.29, 0.717) is 19.8 Å². The number of hydrogen-bond acceptors (Lipinski definition) is 3. The van der Waals surface area contributed by atoms with Crippen molar-refractivity contribution in [1.82, 2.24) is 4.90 Å². The van der Waals surface area contributed by atoms with Gasteiger partial charge in [0, 0.05) is 5.92 Å². The number of rotatable bonds is 2. The molecule has 1 fully saturated rings. The highest BCUT2D eigenvalue weighted by atomic mass is 16.6. The van der Waals surface area contributed by atoms with Gasteiger partial charge < -0.3 is 9.47 Å². The van der Waals surface area contributed by atoms with Crippen LogP contribution in [0.5, 0.6) is 0 Å². The van der Waals surface area contributed by atoms with E-state index in [1.54, 1.807) is 0 Å². The molecule has 30 heavy (non-hydrogen) atoms. The maximum absolute atomic E-state index is 13.2. The van der Waals surface area contributed by atoms with Crippen molar-refractivity contribution in [2.75, 3.05) is 19.8 Å². The van der Waals surface area contributed by atoms with E-state index in [2.05, 4.69) is 75.4 Å². The van der Waals surface area contributed by atoms with Crippen molar-refractivity contribution in [2.24, 2.45) is 5.41 Å². The van der Waals surface area contributed by atoms with E-state index >= 15 is 0 Å². The average Bonchev–Trinajstić information content (AvgIpc) is 3.04. The van der Waals surface area contributed by atoms with Gasteiger partial charge in [0.15, 0.2) is 0 Å². The summed E-state index contributed by atoms with van der Waals surface area (Å²) in [5.74, 6) is 0.0860. The molecule has 156 valence electrons. The van der Waals surface area contributed by atoms with Gasteiger partial charge in [0.05, 0.1) is 25.3 Å².